The molecule has 0 aliphatic rings. The highest BCUT2D eigenvalue weighted by atomic mass is 35.5. The molecule has 0 bridgehead atoms. The van der Waals surface area contributed by atoms with E-state index in [9.17, 15) is 4.79 Å². The molecule has 5 heteroatoms. The van der Waals surface area contributed by atoms with E-state index in [1.165, 1.54) is 0 Å². The van der Waals surface area contributed by atoms with Crippen LogP contribution in [-0.2, 0) is 4.74 Å². The molecule has 0 atom stereocenters. The molecule has 0 aliphatic heterocycles. The molecule has 0 spiro atoms. The Morgan fingerprint density at radius 1 is 1.33 bits per heavy atom. The Hall–Kier alpha value is -1.94. The average Bonchev–Trinajstić information content (AvgIpc) is 2.72. The summed E-state index contributed by atoms with van der Waals surface area (Å²) >= 11 is 5.83. The predicted molar refractivity (Wildman–Crippen MR) is 71.1 cm³/mol. The zero-order valence-electron chi connectivity index (χ0n) is 9.89. The Morgan fingerprint density at radius 2 is 2.00 bits per heavy atom. The van der Waals surface area contributed by atoms with Gasteiger partial charge in [-0.2, -0.15) is 0 Å². The third-order valence-corrected chi connectivity index (χ3v) is 2.74. The summed E-state index contributed by atoms with van der Waals surface area (Å²) in [5.74, 6) is -0.435. The van der Waals surface area contributed by atoms with Crippen LogP contribution in [0.2, 0.25) is 5.02 Å². The highest BCUT2D eigenvalue weighted by Crippen LogP contribution is 2.21. The zero-order valence-corrected chi connectivity index (χ0v) is 10.6. The van der Waals surface area contributed by atoms with Gasteiger partial charge in [-0.3, -0.25) is 0 Å². The summed E-state index contributed by atoms with van der Waals surface area (Å²) in [6.07, 6.45) is 1.73. The number of halogens is 1. The minimum absolute atomic E-state index is 0.310. The van der Waals surface area contributed by atoms with Gasteiger partial charge in [-0.25, -0.2) is 4.79 Å². The fourth-order valence-electron chi connectivity index (χ4n) is 1.68. The standard InChI is InChI=1S/C13H13ClN2O2/c1-2-18-13(17)12-11(15)7-8-16(12)10-5-3-9(14)4-6-10/h3-8H,2,15H2,1H3. The number of anilines is 1. The summed E-state index contributed by atoms with van der Waals surface area (Å²) in [6, 6.07) is 8.79. The van der Waals surface area contributed by atoms with Crippen molar-refractivity contribution in [2.75, 3.05) is 12.3 Å². The van der Waals surface area contributed by atoms with E-state index in [0.29, 0.717) is 23.0 Å². The molecule has 0 saturated heterocycles. The van der Waals surface area contributed by atoms with E-state index in [0.717, 1.165) is 5.69 Å². The number of carbonyl (C=O) groups is 1. The maximum absolute atomic E-state index is 11.8. The van der Waals surface area contributed by atoms with Gasteiger partial charge in [0.1, 0.15) is 0 Å². The molecule has 18 heavy (non-hydrogen) atoms. The predicted octanol–water partition coefficient (Wildman–Crippen LogP) is 2.89. The van der Waals surface area contributed by atoms with Crippen molar-refractivity contribution in [1.82, 2.24) is 4.57 Å². The van der Waals surface area contributed by atoms with Gasteiger partial charge < -0.3 is 15.0 Å². The number of aromatic nitrogens is 1. The van der Waals surface area contributed by atoms with Gasteiger partial charge in [0.2, 0.25) is 0 Å². The van der Waals surface area contributed by atoms with E-state index < -0.39 is 5.97 Å². The van der Waals surface area contributed by atoms with E-state index in [2.05, 4.69) is 0 Å². The number of carbonyl (C=O) groups excluding carboxylic acids is 1. The molecule has 4 nitrogen and oxygen atoms in total. The van der Waals surface area contributed by atoms with Crippen molar-refractivity contribution in [3.63, 3.8) is 0 Å². The second kappa shape index (κ2) is 5.14. The molecule has 1 aromatic heterocycles. The van der Waals surface area contributed by atoms with Crippen LogP contribution in [0.15, 0.2) is 36.5 Å². The molecule has 1 heterocycles. The summed E-state index contributed by atoms with van der Waals surface area (Å²) in [4.78, 5) is 11.8. The van der Waals surface area contributed by atoms with Crippen molar-refractivity contribution >= 4 is 23.3 Å². The van der Waals surface area contributed by atoms with Crippen molar-refractivity contribution in [2.45, 2.75) is 6.92 Å². The van der Waals surface area contributed by atoms with Crippen molar-refractivity contribution in [2.24, 2.45) is 0 Å². The third kappa shape index (κ3) is 2.33. The van der Waals surface area contributed by atoms with Gasteiger partial charge in [-0.05, 0) is 37.3 Å². The zero-order chi connectivity index (χ0) is 13.1. The van der Waals surface area contributed by atoms with Crippen LogP contribution in [0.3, 0.4) is 0 Å². The number of benzene rings is 1. The Morgan fingerprint density at radius 3 is 2.61 bits per heavy atom. The molecular weight excluding hydrogens is 252 g/mol. The molecule has 1 aromatic carbocycles. The molecule has 2 N–H and O–H groups in total. The van der Waals surface area contributed by atoms with Crippen molar-refractivity contribution in [1.29, 1.82) is 0 Å². The molecule has 0 fully saturated rings. The lowest BCUT2D eigenvalue weighted by Gasteiger charge is -2.09. The third-order valence-electron chi connectivity index (χ3n) is 2.49. The fourth-order valence-corrected chi connectivity index (χ4v) is 1.81. The van der Waals surface area contributed by atoms with Gasteiger partial charge in [0.05, 0.1) is 12.3 Å². The van der Waals surface area contributed by atoms with Crippen LogP contribution < -0.4 is 5.73 Å². The normalized spacial score (nSPS) is 10.3. The van der Waals surface area contributed by atoms with E-state index in [1.807, 2.05) is 12.1 Å². The first-order chi connectivity index (χ1) is 8.63. The van der Waals surface area contributed by atoms with Gasteiger partial charge in [0, 0.05) is 16.9 Å². The Balaban J connectivity index is 2.45. The minimum Gasteiger partial charge on any atom is -0.461 e. The van der Waals surface area contributed by atoms with E-state index in [-0.39, 0.29) is 0 Å². The lowest BCUT2D eigenvalue weighted by atomic mass is 10.3. The molecule has 0 unspecified atom stereocenters. The number of rotatable bonds is 3. The molecule has 0 amide bonds. The monoisotopic (exact) mass is 264 g/mol. The van der Waals surface area contributed by atoms with Crippen LogP contribution in [0.4, 0.5) is 5.69 Å². The quantitative estimate of drug-likeness (QED) is 0.867. The molecule has 2 rings (SSSR count). The SMILES string of the molecule is CCOC(=O)c1c(N)ccn1-c1ccc(Cl)cc1. The maximum Gasteiger partial charge on any atom is 0.357 e. The summed E-state index contributed by atoms with van der Waals surface area (Å²) < 4.78 is 6.67. The van der Waals surface area contributed by atoms with Crippen LogP contribution in [-0.4, -0.2) is 17.1 Å². The number of hydrogen-bond acceptors (Lipinski definition) is 3. The Labute approximate surface area is 110 Å². The average molecular weight is 265 g/mol. The lowest BCUT2D eigenvalue weighted by molar-refractivity contribution is 0.0518. The lowest BCUT2D eigenvalue weighted by Crippen LogP contribution is -2.12. The maximum atomic E-state index is 11.8. The van der Waals surface area contributed by atoms with Crippen LogP contribution >= 0.6 is 11.6 Å². The summed E-state index contributed by atoms with van der Waals surface area (Å²) in [6.45, 7) is 2.06. The van der Waals surface area contributed by atoms with Crippen molar-refractivity contribution < 1.29 is 9.53 Å². The minimum atomic E-state index is -0.435. The second-order valence-corrected chi connectivity index (χ2v) is 4.12. The molecule has 94 valence electrons. The number of nitrogens with zero attached hydrogens (tertiary/aromatic N) is 1. The van der Waals surface area contributed by atoms with Crippen LogP contribution in [0.25, 0.3) is 5.69 Å². The first-order valence-electron chi connectivity index (χ1n) is 5.53. The summed E-state index contributed by atoms with van der Waals surface area (Å²) in [7, 11) is 0. The van der Waals surface area contributed by atoms with E-state index in [4.69, 9.17) is 22.1 Å². The molecule has 0 aliphatic carbocycles. The van der Waals surface area contributed by atoms with E-state index >= 15 is 0 Å². The fraction of sp³-hybridized carbons (Fsp3) is 0.154. The molecule has 2 aromatic rings. The Kier molecular flexibility index (Phi) is 3.58. The molecule has 0 saturated carbocycles. The van der Waals surface area contributed by atoms with Crippen LogP contribution in [0.5, 0.6) is 0 Å². The van der Waals surface area contributed by atoms with Crippen molar-refractivity contribution in [3.8, 4) is 5.69 Å². The first-order valence-corrected chi connectivity index (χ1v) is 5.91. The topological polar surface area (TPSA) is 57.2 Å². The number of esters is 1. The van der Waals surface area contributed by atoms with Gasteiger partial charge in [-0.1, -0.05) is 11.6 Å². The van der Waals surface area contributed by atoms with Gasteiger partial charge in [0.15, 0.2) is 5.69 Å². The second-order valence-electron chi connectivity index (χ2n) is 3.69. The molecule has 0 radical (unpaired) electrons. The van der Waals surface area contributed by atoms with Crippen molar-refractivity contribution in [3.05, 3.63) is 47.2 Å². The highest BCUT2D eigenvalue weighted by molar-refractivity contribution is 6.30. The van der Waals surface area contributed by atoms with Crippen LogP contribution in [0.1, 0.15) is 17.4 Å². The number of nitrogens with two attached hydrogens (primary N) is 1. The number of hydrogen-bond donors (Lipinski definition) is 1. The first kappa shape index (κ1) is 12.5. The number of nitrogen functional groups attached to an aromatic ring is 1. The number of ether oxygens (including phenoxy) is 1. The van der Waals surface area contributed by atoms with Gasteiger partial charge in [-0.15, -0.1) is 0 Å². The van der Waals surface area contributed by atoms with Gasteiger partial charge >= 0.3 is 5.97 Å². The molecular formula is C13H13ClN2O2. The summed E-state index contributed by atoms with van der Waals surface area (Å²) in [5, 5.41) is 0.636. The highest BCUT2D eigenvalue weighted by Gasteiger charge is 2.17. The van der Waals surface area contributed by atoms with Gasteiger partial charge in [0.25, 0.3) is 0 Å². The van der Waals surface area contributed by atoms with E-state index in [1.54, 1.807) is 35.9 Å². The smallest absolute Gasteiger partial charge is 0.357 e. The Bertz CT molecular complexity index is 561. The summed E-state index contributed by atoms with van der Waals surface area (Å²) in [5.41, 5.74) is 7.32. The largest absolute Gasteiger partial charge is 0.461 e. The van der Waals surface area contributed by atoms with Crippen LogP contribution in [0, 0.1) is 0 Å².